The molecule has 0 spiro atoms. The van der Waals surface area contributed by atoms with E-state index in [9.17, 15) is 39.6 Å². The summed E-state index contributed by atoms with van der Waals surface area (Å²) in [6, 6.07) is 0. The van der Waals surface area contributed by atoms with E-state index in [1.54, 1.807) is 0 Å². The van der Waals surface area contributed by atoms with Crippen LogP contribution in [-0.4, -0.2) is 23.9 Å². The third kappa shape index (κ3) is 31.9. The van der Waals surface area contributed by atoms with Crippen molar-refractivity contribution < 1.29 is 39.6 Å². The number of aliphatic carboxylic acids is 4. The van der Waals surface area contributed by atoms with Gasteiger partial charge in [0.05, 0.1) is 0 Å². The molecule has 0 amide bonds. The zero-order valence-corrected chi connectivity index (χ0v) is 11.4. The molecule has 0 aromatic rings. The molecular formula is C13H16O8. The SMILES string of the molecule is O=C([O-])CCCCC(=O)[O-].O=C([O-])CCCCC(=O)[O-].[C+4]. The van der Waals surface area contributed by atoms with Crippen molar-refractivity contribution in [3.05, 3.63) is 7.43 Å². The van der Waals surface area contributed by atoms with Crippen LogP contribution in [0.3, 0.4) is 0 Å². The van der Waals surface area contributed by atoms with Crippen molar-refractivity contribution in [3.8, 4) is 0 Å². The van der Waals surface area contributed by atoms with Gasteiger partial charge < -0.3 is 39.6 Å². The summed E-state index contributed by atoms with van der Waals surface area (Å²) in [6.45, 7) is 0. The van der Waals surface area contributed by atoms with Crippen LogP contribution in [0, 0.1) is 7.43 Å². The fourth-order valence-electron chi connectivity index (χ4n) is 1.08. The van der Waals surface area contributed by atoms with Crippen LogP contribution in [0.2, 0.25) is 0 Å². The van der Waals surface area contributed by atoms with Gasteiger partial charge in [0.25, 0.3) is 0 Å². The summed E-state index contributed by atoms with van der Waals surface area (Å²) in [6.07, 6.45) is 1.07. The molecule has 8 heteroatoms. The molecule has 0 heterocycles. The van der Waals surface area contributed by atoms with Gasteiger partial charge in [-0.1, -0.05) is 0 Å². The quantitative estimate of drug-likeness (QED) is 0.371. The van der Waals surface area contributed by atoms with Crippen molar-refractivity contribution in [2.24, 2.45) is 0 Å². The number of carboxylic acids is 4. The van der Waals surface area contributed by atoms with Crippen LogP contribution in [0.1, 0.15) is 51.4 Å². The van der Waals surface area contributed by atoms with E-state index in [1.165, 1.54) is 0 Å². The van der Waals surface area contributed by atoms with Gasteiger partial charge in [0.15, 0.2) is 0 Å². The van der Waals surface area contributed by atoms with E-state index in [-0.39, 0.29) is 33.1 Å². The molecule has 0 atom stereocenters. The normalized spacial score (nSPS) is 8.76. The van der Waals surface area contributed by atoms with Gasteiger partial charge in [-0.05, 0) is 51.4 Å². The van der Waals surface area contributed by atoms with Gasteiger partial charge in [0, 0.05) is 23.9 Å². The number of carboxylic acid groups (broad SMARTS) is 4. The van der Waals surface area contributed by atoms with Crippen LogP contribution in [0.4, 0.5) is 0 Å². The van der Waals surface area contributed by atoms with Gasteiger partial charge in [-0.25, -0.2) is 0 Å². The molecule has 0 saturated carbocycles. The first kappa shape index (κ1) is 23.9. The summed E-state index contributed by atoms with van der Waals surface area (Å²) in [7, 11) is 0. The zero-order valence-electron chi connectivity index (χ0n) is 11.4. The first-order chi connectivity index (χ1) is 9.25. The Morgan fingerprint density at radius 3 is 0.714 bits per heavy atom. The van der Waals surface area contributed by atoms with E-state index in [4.69, 9.17) is 0 Å². The molecule has 0 saturated heterocycles. The molecule has 0 aliphatic heterocycles. The second kappa shape index (κ2) is 15.9. The monoisotopic (exact) mass is 300 g/mol. The number of carbonyl (C=O) groups is 4. The Kier molecular flexibility index (Phi) is 18.2. The van der Waals surface area contributed by atoms with Crippen LogP contribution in [-0.2, 0) is 19.2 Å². The Balaban J connectivity index is -0.000000295. The first-order valence-corrected chi connectivity index (χ1v) is 6.05. The van der Waals surface area contributed by atoms with Gasteiger partial charge in [0.2, 0.25) is 0 Å². The van der Waals surface area contributed by atoms with Crippen molar-refractivity contribution in [1.29, 1.82) is 0 Å². The molecule has 0 N–H and O–H groups in total. The molecule has 0 aliphatic rings. The van der Waals surface area contributed by atoms with E-state index < -0.39 is 23.9 Å². The minimum atomic E-state index is -1.14. The van der Waals surface area contributed by atoms with Gasteiger partial charge in [-0.3, -0.25) is 0 Å². The topological polar surface area (TPSA) is 161 Å². The predicted octanol–water partition coefficient (Wildman–Crippen LogP) is -3.83. The summed E-state index contributed by atoms with van der Waals surface area (Å²) in [5.74, 6) is -4.56. The van der Waals surface area contributed by atoms with Crippen LogP contribution < -0.4 is 20.4 Å². The second-order valence-electron chi connectivity index (χ2n) is 3.90. The molecule has 0 bridgehead atoms. The molecule has 0 radical (unpaired) electrons. The van der Waals surface area contributed by atoms with Gasteiger partial charge in [-0.2, -0.15) is 0 Å². The van der Waals surface area contributed by atoms with Crippen LogP contribution in [0.25, 0.3) is 0 Å². The Morgan fingerprint density at radius 2 is 0.619 bits per heavy atom. The molecule has 0 aromatic heterocycles. The van der Waals surface area contributed by atoms with Gasteiger partial charge in [0.1, 0.15) is 0 Å². The smallest absolute Gasteiger partial charge is 0.550 e. The molecule has 21 heavy (non-hydrogen) atoms. The fraction of sp³-hybridized carbons (Fsp3) is 0.615. The van der Waals surface area contributed by atoms with Crippen molar-refractivity contribution in [3.63, 3.8) is 0 Å². The summed E-state index contributed by atoms with van der Waals surface area (Å²) >= 11 is 0. The maximum absolute atomic E-state index is 9.77. The molecule has 0 aliphatic carbocycles. The molecule has 8 nitrogen and oxygen atoms in total. The Morgan fingerprint density at radius 1 is 0.476 bits per heavy atom. The molecular weight excluding hydrogens is 284 g/mol. The average molecular weight is 300 g/mol. The molecule has 0 aromatic carbocycles. The number of hydrogen-bond acceptors (Lipinski definition) is 8. The second-order valence-corrected chi connectivity index (χ2v) is 3.90. The molecule has 0 unspecified atom stereocenters. The number of rotatable bonds is 10. The average Bonchev–Trinajstić information content (AvgIpc) is 2.30. The molecule has 0 rings (SSSR count). The van der Waals surface area contributed by atoms with Crippen LogP contribution >= 0.6 is 0 Å². The van der Waals surface area contributed by atoms with Crippen molar-refractivity contribution in [1.82, 2.24) is 0 Å². The molecule has 116 valence electrons. The Hall–Kier alpha value is -2.12. The summed E-state index contributed by atoms with van der Waals surface area (Å²) in [5, 5.41) is 39.1. The number of carbonyl (C=O) groups excluding carboxylic acids is 4. The van der Waals surface area contributed by atoms with E-state index in [1.807, 2.05) is 0 Å². The first-order valence-electron chi connectivity index (χ1n) is 6.05. The van der Waals surface area contributed by atoms with Gasteiger partial charge in [-0.15, -0.1) is 0 Å². The minimum Gasteiger partial charge on any atom is -0.550 e. The predicted molar refractivity (Wildman–Crippen MR) is 60.2 cm³/mol. The van der Waals surface area contributed by atoms with Crippen molar-refractivity contribution in [2.45, 2.75) is 51.4 Å². The van der Waals surface area contributed by atoms with Crippen LogP contribution in [0.5, 0.6) is 0 Å². The maximum atomic E-state index is 9.77. The summed E-state index contributed by atoms with van der Waals surface area (Å²) in [5.41, 5.74) is 0. The van der Waals surface area contributed by atoms with E-state index in [0.717, 1.165) is 0 Å². The fourth-order valence-corrected chi connectivity index (χ4v) is 1.08. The third-order valence-electron chi connectivity index (χ3n) is 2.02. The Labute approximate surface area is 123 Å². The zero-order chi connectivity index (χ0) is 16.0. The maximum Gasteiger partial charge on any atom is 4.00 e. The standard InChI is InChI=1S/2C6H10O4.C/c2*7-5(8)3-1-2-4-6(9)10;/h2*1-4H2,(H,7,8)(H,9,10);/q;;+4/p-4. The molecule has 0 fully saturated rings. The van der Waals surface area contributed by atoms with E-state index >= 15 is 0 Å². The largest absolute Gasteiger partial charge is 4.00 e. The van der Waals surface area contributed by atoms with Gasteiger partial charge >= 0.3 is 7.43 Å². The number of unbranched alkanes of at least 4 members (excludes halogenated alkanes) is 2. The third-order valence-corrected chi connectivity index (χ3v) is 2.02. The van der Waals surface area contributed by atoms with E-state index in [2.05, 4.69) is 0 Å². The van der Waals surface area contributed by atoms with Crippen LogP contribution in [0.15, 0.2) is 0 Å². The minimum absolute atomic E-state index is 0. The summed E-state index contributed by atoms with van der Waals surface area (Å²) in [4.78, 5) is 39.1. The van der Waals surface area contributed by atoms with Crippen molar-refractivity contribution >= 4 is 23.9 Å². The van der Waals surface area contributed by atoms with Crippen molar-refractivity contribution in [2.75, 3.05) is 0 Å². The summed E-state index contributed by atoms with van der Waals surface area (Å²) < 4.78 is 0. The Bertz CT molecular complexity index is 260. The van der Waals surface area contributed by atoms with E-state index in [0.29, 0.717) is 25.7 Å². The number of hydrogen-bond donors (Lipinski definition) is 0.